The molecule has 1 aromatic heterocycles. The highest BCUT2D eigenvalue weighted by Gasteiger charge is 2.08. The van der Waals surface area contributed by atoms with Gasteiger partial charge in [-0.2, -0.15) is 5.10 Å². The standard InChI is InChI=1S/C9H16BrN3O/c1-4-14-9-8(10)7-11-13(9)6-5-12(2)3/h7H,4-6H2,1-3H3. The van der Waals surface area contributed by atoms with Gasteiger partial charge < -0.3 is 9.64 Å². The number of nitrogens with zero attached hydrogens (tertiary/aromatic N) is 3. The smallest absolute Gasteiger partial charge is 0.226 e. The third kappa shape index (κ3) is 2.99. The summed E-state index contributed by atoms with van der Waals surface area (Å²) in [6.07, 6.45) is 1.76. The van der Waals surface area contributed by atoms with E-state index in [0.717, 1.165) is 23.4 Å². The summed E-state index contributed by atoms with van der Waals surface area (Å²) in [5.74, 6) is 0.814. The number of ether oxygens (including phenoxy) is 1. The second kappa shape index (κ2) is 5.36. The highest BCUT2D eigenvalue weighted by atomic mass is 79.9. The van der Waals surface area contributed by atoms with Crippen molar-refractivity contribution in [3.05, 3.63) is 10.7 Å². The number of rotatable bonds is 5. The lowest BCUT2D eigenvalue weighted by atomic mass is 10.5. The lowest BCUT2D eigenvalue weighted by Crippen LogP contribution is -2.19. The summed E-state index contributed by atoms with van der Waals surface area (Å²) in [6, 6.07) is 0. The largest absolute Gasteiger partial charge is 0.477 e. The van der Waals surface area contributed by atoms with Gasteiger partial charge in [0.1, 0.15) is 0 Å². The third-order valence-corrected chi connectivity index (χ3v) is 2.33. The minimum absolute atomic E-state index is 0.659. The van der Waals surface area contributed by atoms with Crippen LogP contribution in [-0.2, 0) is 6.54 Å². The molecule has 4 nitrogen and oxygen atoms in total. The van der Waals surface area contributed by atoms with E-state index in [2.05, 4.69) is 25.9 Å². The lowest BCUT2D eigenvalue weighted by Gasteiger charge is -2.11. The van der Waals surface area contributed by atoms with Crippen LogP contribution < -0.4 is 4.74 Å². The van der Waals surface area contributed by atoms with Crippen molar-refractivity contribution in [1.29, 1.82) is 0 Å². The first kappa shape index (κ1) is 11.5. The zero-order valence-electron chi connectivity index (χ0n) is 8.83. The van der Waals surface area contributed by atoms with Gasteiger partial charge in [0.15, 0.2) is 0 Å². The normalized spacial score (nSPS) is 10.9. The number of halogens is 1. The van der Waals surface area contributed by atoms with Gasteiger partial charge in [0.2, 0.25) is 5.88 Å². The van der Waals surface area contributed by atoms with E-state index in [0.29, 0.717) is 6.61 Å². The first-order chi connectivity index (χ1) is 6.65. The lowest BCUT2D eigenvalue weighted by molar-refractivity contribution is 0.286. The van der Waals surface area contributed by atoms with E-state index in [1.807, 2.05) is 25.7 Å². The Hall–Kier alpha value is -0.550. The molecule has 0 spiro atoms. The van der Waals surface area contributed by atoms with Crippen molar-refractivity contribution in [2.24, 2.45) is 0 Å². The molecule has 0 aliphatic heterocycles. The van der Waals surface area contributed by atoms with Gasteiger partial charge in [0.05, 0.1) is 23.8 Å². The molecule has 0 amide bonds. The molecule has 80 valence electrons. The van der Waals surface area contributed by atoms with Gasteiger partial charge in [-0.25, -0.2) is 4.68 Å². The molecular formula is C9H16BrN3O. The number of hydrogen-bond acceptors (Lipinski definition) is 3. The summed E-state index contributed by atoms with van der Waals surface area (Å²) in [5.41, 5.74) is 0. The van der Waals surface area contributed by atoms with Crippen molar-refractivity contribution in [2.75, 3.05) is 27.2 Å². The molecule has 1 aromatic rings. The Morgan fingerprint density at radius 2 is 2.29 bits per heavy atom. The van der Waals surface area contributed by atoms with E-state index in [1.54, 1.807) is 6.20 Å². The molecule has 0 fully saturated rings. The average molecular weight is 262 g/mol. The maximum atomic E-state index is 5.48. The molecule has 0 saturated carbocycles. The van der Waals surface area contributed by atoms with Gasteiger partial charge >= 0.3 is 0 Å². The summed E-state index contributed by atoms with van der Waals surface area (Å²) in [7, 11) is 4.08. The molecular weight excluding hydrogens is 246 g/mol. The molecule has 1 heterocycles. The van der Waals surface area contributed by atoms with Gasteiger partial charge in [-0.1, -0.05) is 0 Å². The van der Waals surface area contributed by atoms with Crippen molar-refractivity contribution in [3.63, 3.8) is 0 Å². The quantitative estimate of drug-likeness (QED) is 0.807. The van der Waals surface area contributed by atoms with Gasteiger partial charge in [-0.15, -0.1) is 0 Å². The Bertz CT molecular complexity index is 286. The summed E-state index contributed by atoms with van der Waals surface area (Å²) in [5, 5.41) is 4.22. The first-order valence-corrected chi connectivity index (χ1v) is 5.43. The fraction of sp³-hybridized carbons (Fsp3) is 0.667. The van der Waals surface area contributed by atoms with Crippen molar-refractivity contribution < 1.29 is 4.74 Å². The molecule has 0 aromatic carbocycles. The van der Waals surface area contributed by atoms with Crippen molar-refractivity contribution in [1.82, 2.24) is 14.7 Å². The molecule has 0 radical (unpaired) electrons. The minimum atomic E-state index is 0.659. The van der Waals surface area contributed by atoms with E-state index in [-0.39, 0.29) is 0 Å². The first-order valence-electron chi connectivity index (χ1n) is 4.64. The third-order valence-electron chi connectivity index (χ3n) is 1.79. The van der Waals surface area contributed by atoms with E-state index >= 15 is 0 Å². The molecule has 0 aliphatic rings. The van der Waals surface area contributed by atoms with E-state index in [1.165, 1.54) is 0 Å². The number of aromatic nitrogens is 2. The van der Waals surface area contributed by atoms with Gasteiger partial charge in [-0.05, 0) is 36.9 Å². The van der Waals surface area contributed by atoms with Crippen LogP contribution in [0, 0.1) is 0 Å². The Labute approximate surface area is 93.0 Å². The van der Waals surface area contributed by atoms with Crippen LogP contribution in [0.1, 0.15) is 6.92 Å². The zero-order chi connectivity index (χ0) is 10.6. The molecule has 0 N–H and O–H groups in total. The average Bonchev–Trinajstić information content (AvgIpc) is 2.46. The van der Waals surface area contributed by atoms with Crippen LogP contribution in [0.2, 0.25) is 0 Å². The maximum absolute atomic E-state index is 5.48. The van der Waals surface area contributed by atoms with Gasteiger partial charge in [-0.3, -0.25) is 0 Å². The Morgan fingerprint density at radius 1 is 1.57 bits per heavy atom. The molecule has 5 heteroatoms. The van der Waals surface area contributed by atoms with Gasteiger partial charge in [0, 0.05) is 6.54 Å². The molecule has 14 heavy (non-hydrogen) atoms. The summed E-state index contributed by atoms with van der Waals surface area (Å²) in [4.78, 5) is 2.12. The summed E-state index contributed by atoms with van der Waals surface area (Å²) in [6.45, 7) is 4.42. The van der Waals surface area contributed by atoms with Gasteiger partial charge in [0.25, 0.3) is 0 Å². The van der Waals surface area contributed by atoms with Crippen molar-refractivity contribution in [3.8, 4) is 5.88 Å². The fourth-order valence-corrected chi connectivity index (χ4v) is 1.50. The van der Waals surface area contributed by atoms with E-state index in [4.69, 9.17) is 4.74 Å². The van der Waals surface area contributed by atoms with Crippen LogP contribution in [0.5, 0.6) is 5.88 Å². The highest BCUT2D eigenvalue weighted by molar-refractivity contribution is 9.10. The Morgan fingerprint density at radius 3 is 2.86 bits per heavy atom. The highest BCUT2D eigenvalue weighted by Crippen LogP contribution is 2.23. The molecule has 0 unspecified atom stereocenters. The molecule has 0 bridgehead atoms. The van der Waals surface area contributed by atoms with Crippen LogP contribution in [0.4, 0.5) is 0 Å². The predicted molar refractivity (Wildman–Crippen MR) is 59.7 cm³/mol. The van der Waals surface area contributed by atoms with Crippen LogP contribution >= 0.6 is 15.9 Å². The zero-order valence-corrected chi connectivity index (χ0v) is 10.4. The maximum Gasteiger partial charge on any atom is 0.226 e. The molecule has 1 rings (SSSR count). The van der Waals surface area contributed by atoms with Crippen LogP contribution in [-0.4, -0.2) is 41.9 Å². The van der Waals surface area contributed by atoms with Crippen LogP contribution in [0.15, 0.2) is 10.7 Å². The monoisotopic (exact) mass is 261 g/mol. The fourth-order valence-electron chi connectivity index (χ4n) is 1.09. The minimum Gasteiger partial charge on any atom is -0.477 e. The second-order valence-corrected chi connectivity index (χ2v) is 4.11. The SMILES string of the molecule is CCOc1c(Br)cnn1CCN(C)C. The number of likely N-dealkylation sites (N-methyl/N-ethyl adjacent to an activating group) is 1. The van der Waals surface area contributed by atoms with Crippen molar-refractivity contribution >= 4 is 15.9 Å². The Balaban J connectivity index is 2.65. The van der Waals surface area contributed by atoms with Crippen LogP contribution in [0.3, 0.4) is 0 Å². The molecule has 0 aliphatic carbocycles. The second-order valence-electron chi connectivity index (χ2n) is 3.26. The van der Waals surface area contributed by atoms with E-state index in [9.17, 15) is 0 Å². The molecule has 0 saturated heterocycles. The molecule has 0 atom stereocenters. The van der Waals surface area contributed by atoms with E-state index < -0.39 is 0 Å². The van der Waals surface area contributed by atoms with Crippen LogP contribution in [0.25, 0.3) is 0 Å². The predicted octanol–water partition coefficient (Wildman–Crippen LogP) is 1.61. The summed E-state index contributed by atoms with van der Waals surface area (Å²) < 4.78 is 8.26. The number of hydrogen-bond donors (Lipinski definition) is 0. The Kier molecular flexibility index (Phi) is 4.41. The van der Waals surface area contributed by atoms with Crippen molar-refractivity contribution in [2.45, 2.75) is 13.5 Å². The summed E-state index contributed by atoms with van der Waals surface area (Å²) >= 11 is 3.40. The topological polar surface area (TPSA) is 30.3 Å².